The lowest BCUT2D eigenvalue weighted by Gasteiger charge is -2.34. The third-order valence-electron chi connectivity index (χ3n) is 6.66. The summed E-state index contributed by atoms with van der Waals surface area (Å²) >= 11 is 0. The minimum absolute atomic E-state index is 0.00876. The monoisotopic (exact) mass is 535 g/mol. The fourth-order valence-electron chi connectivity index (χ4n) is 4.52. The number of ether oxygens (including phenoxy) is 2. The molecule has 0 spiro atoms. The van der Waals surface area contributed by atoms with Gasteiger partial charge in [0.25, 0.3) is 6.43 Å². The highest BCUT2D eigenvalue weighted by molar-refractivity contribution is 5.73. The van der Waals surface area contributed by atoms with Crippen molar-refractivity contribution in [1.82, 2.24) is 24.9 Å². The molecule has 208 valence electrons. The first kappa shape index (κ1) is 27.8. The van der Waals surface area contributed by atoms with Gasteiger partial charge in [0.2, 0.25) is 17.8 Å². The van der Waals surface area contributed by atoms with E-state index in [1.54, 1.807) is 0 Å². The Balaban J connectivity index is 1.56. The summed E-state index contributed by atoms with van der Waals surface area (Å²) in [6.45, 7) is 7.42. The van der Waals surface area contributed by atoms with Crippen LogP contribution in [0.4, 0.5) is 26.6 Å². The molecule has 0 aromatic carbocycles. The van der Waals surface area contributed by atoms with Crippen molar-refractivity contribution in [2.75, 3.05) is 61.5 Å². The molecule has 2 saturated heterocycles. The number of rotatable bonds is 9. The number of carbonyl (C=O) groups is 1. The van der Waals surface area contributed by atoms with Crippen molar-refractivity contribution >= 4 is 23.8 Å². The van der Waals surface area contributed by atoms with Crippen molar-refractivity contribution in [3.63, 3.8) is 0 Å². The molecule has 2 fully saturated rings. The lowest BCUT2D eigenvalue weighted by Crippen LogP contribution is -2.41. The van der Waals surface area contributed by atoms with Crippen LogP contribution in [0.15, 0.2) is 6.20 Å². The number of morpholine rings is 1. The molecule has 0 radical (unpaired) electrons. The Labute approximate surface area is 220 Å². The maximum atomic E-state index is 13.8. The first-order valence-electron chi connectivity index (χ1n) is 12.8. The molecule has 0 atom stereocenters. The number of alkyl halides is 2. The van der Waals surface area contributed by atoms with Crippen LogP contribution in [-0.4, -0.2) is 82.4 Å². The molecule has 2 aromatic rings. The van der Waals surface area contributed by atoms with Crippen LogP contribution in [0.25, 0.3) is 11.4 Å². The fraction of sp³-hybridized carbons (Fsp3) is 0.667. The van der Waals surface area contributed by atoms with E-state index in [2.05, 4.69) is 24.9 Å². The number of carbonyl (C=O) groups excluding carboxylic acids is 1. The van der Waals surface area contributed by atoms with Gasteiger partial charge in [-0.25, -0.2) is 18.7 Å². The molecule has 0 bridgehead atoms. The zero-order valence-corrected chi connectivity index (χ0v) is 21.8. The third kappa shape index (κ3) is 6.78. The van der Waals surface area contributed by atoms with Crippen LogP contribution in [0.5, 0.6) is 0 Å². The molecule has 0 unspecified atom stereocenters. The maximum Gasteiger partial charge on any atom is 0.309 e. The fourth-order valence-corrected chi connectivity index (χ4v) is 4.52. The minimum atomic E-state index is -2.89. The van der Waals surface area contributed by atoms with E-state index in [9.17, 15) is 13.6 Å². The third-order valence-corrected chi connectivity index (χ3v) is 6.66. The van der Waals surface area contributed by atoms with Crippen molar-refractivity contribution in [2.24, 2.45) is 11.7 Å². The van der Waals surface area contributed by atoms with Gasteiger partial charge < -0.3 is 30.7 Å². The molecule has 0 amide bonds. The van der Waals surface area contributed by atoms with E-state index in [1.807, 2.05) is 23.6 Å². The van der Waals surface area contributed by atoms with Crippen LogP contribution in [-0.2, 0) is 14.3 Å². The SMILES string of the molecule is CC(C)(CCCN)OC(=O)C1CCN(c2nc(-c3cnc(N)nc3C(F)F)nc(N3CCOCC3)n2)CC1. The van der Waals surface area contributed by atoms with Crippen LogP contribution in [0, 0.1) is 5.92 Å². The largest absolute Gasteiger partial charge is 0.459 e. The smallest absolute Gasteiger partial charge is 0.309 e. The molecule has 12 nitrogen and oxygen atoms in total. The predicted octanol–water partition coefficient (Wildman–Crippen LogP) is 1.96. The lowest BCUT2D eigenvalue weighted by molar-refractivity contribution is -0.163. The number of nitrogens with zero attached hydrogens (tertiary/aromatic N) is 7. The van der Waals surface area contributed by atoms with E-state index in [0.29, 0.717) is 77.1 Å². The molecular formula is C24H35F2N9O3. The Bertz CT molecular complexity index is 1110. The van der Waals surface area contributed by atoms with Crippen LogP contribution in [0.3, 0.4) is 0 Å². The van der Waals surface area contributed by atoms with E-state index >= 15 is 0 Å². The van der Waals surface area contributed by atoms with Crippen molar-refractivity contribution in [3.05, 3.63) is 11.9 Å². The Kier molecular flexibility index (Phi) is 8.82. The quantitative estimate of drug-likeness (QED) is 0.450. The van der Waals surface area contributed by atoms with E-state index in [0.717, 1.165) is 6.42 Å². The lowest BCUT2D eigenvalue weighted by atomic mass is 9.96. The summed E-state index contributed by atoms with van der Waals surface area (Å²) in [6.07, 6.45) is 0.888. The van der Waals surface area contributed by atoms with Gasteiger partial charge in [0, 0.05) is 32.4 Å². The molecule has 14 heteroatoms. The van der Waals surface area contributed by atoms with Gasteiger partial charge in [-0.05, 0) is 46.1 Å². The summed E-state index contributed by atoms with van der Waals surface area (Å²) < 4.78 is 38.8. The minimum Gasteiger partial charge on any atom is -0.459 e. The number of halogens is 2. The van der Waals surface area contributed by atoms with Gasteiger partial charge in [0.1, 0.15) is 11.3 Å². The molecule has 2 aromatic heterocycles. The Morgan fingerprint density at radius 1 is 1.11 bits per heavy atom. The number of hydrogen-bond donors (Lipinski definition) is 2. The second-order valence-corrected chi connectivity index (χ2v) is 10.0. The van der Waals surface area contributed by atoms with Gasteiger partial charge in [-0.2, -0.15) is 15.0 Å². The molecular weight excluding hydrogens is 500 g/mol. The summed E-state index contributed by atoms with van der Waals surface area (Å²) in [6, 6.07) is 0. The zero-order valence-electron chi connectivity index (χ0n) is 21.8. The highest BCUT2D eigenvalue weighted by atomic mass is 19.3. The topological polar surface area (TPSA) is 158 Å². The molecule has 38 heavy (non-hydrogen) atoms. The Morgan fingerprint density at radius 2 is 1.74 bits per heavy atom. The van der Waals surface area contributed by atoms with Gasteiger partial charge in [-0.3, -0.25) is 4.79 Å². The molecule has 2 aliphatic rings. The highest BCUT2D eigenvalue weighted by Gasteiger charge is 2.32. The number of piperidine rings is 1. The normalized spacial score (nSPS) is 17.2. The van der Waals surface area contributed by atoms with Crippen molar-refractivity contribution < 1.29 is 23.0 Å². The molecule has 4 heterocycles. The summed E-state index contributed by atoms with van der Waals surface area (Å²) in [4.78, 5) is 37.9. The van der Waals surface area contributed by atoms with Crippen molar-refractivity contribution in [1.29, 1.82) is 0 Å². The summed E-state index contributed by atoms with van der Waals surface area (Å²) in [5, 5.41) is 0. The van der Waals surface area contributed by atoms with Gasteiger partial charge in [0.15, 0.2) is 5.82 Å². The number of hydrogen-bond acceptors (Lipinski definition) is 12. The average Bonchev–Trinajstić information content (AvgIpc) is 2.92. The average molecular weight is 536 g/mol. The van der Waals surface area contributed by atoms with Crippen molar-refractivity contribution in [3.8, 4) is 11.4 Å². The van der Waals surface area contributed by atoms with Gasteiger partial charge in [-0.1, -0.05) is 0 Å². The first-order chi connectivity index (χ1) is 18.2. The van der Waals surface area contributed by atoms with E-state index in [-0.39, 0.29) is 29.2 Å². The summed E-state index contributed by atoms with van der Waals surface area (Å²) in [7, 11) is 0. The van der Waals surface area contributed by atoms with Crippen LogP contribution >= 0.6 is 0 Å². The van der Waals surface area contributed by atoms with Crippen LogP contribution in [0.1, 0.15) is 51.7 Å². The summed E-state index contributed by atoms with van der Waals surface area (Å²) in [5.74, 6) is -0.00371. The summed E-state index contributed by atoms with van der Waals surface area (Å²) in [5.41, 5.74) is 10.0. The number of esters is 1. The first-order valence-corrected chi connectivity index (χ1v) is 12.8. The molecule has 4 rings (SSSR count). The van der Waals surface area contributed by atoms with Gasteiger partial charge in [0.05, 0.1) is 24.7 Å². The molecule has 4 N–H and O–H groups in total. The molecule has 0 saturated carbocycles. The van der Waals surface area contributed by atoms with Crippen LogP contribution in [0.2, 0.25) is 0 Å². The van der Waals surface area contributed by atoms with Crippen LogP contribution < -0.4 is 21.3 Å². The second-order valence-electron chi connectivity index (χ2n) is 10.0. The number of nitrogens with two attached hydrogens (primary N) is 2. The van der Waals surface area contributed by atoms with Gasteiger partial charge >= 0.3 is 5.97 Å². The van der Waals surface area contributed by atoms with Crippen molar-refractivity contribution in [2.45, 2.75) is 51.6 Å². The number of aromatic nitrogens is 5. The number of anilines is 3. The van der Waals surface area contributed by atoms with E-state index < -0.39 is 17.7 Å². The van der Waals surface area contributed by atoms with Gasteiger partial charge in [-0.15, -0.1) is 0 Å². The second kappa shape index (κ2) is 12.1. The maximum absolute atomic E-state index is 13.8. The zero-order chi connectivity index (χ0) is 27.3. The molecule has 2 aliphatic heterocycles. The highest BCUT2D eigenvalue weighted by Crippen LogP contribution is 2.31. The standard InChI is InChI=1S/C24H35F2N9O3/c1-24(2,6-3-7-27)38-20(36)15-4-8-34(9-5-15)22-31-19(16-14-29-21(28)30-17(16)18(25)26)32-23(33-22)35-10-12-37-13-11-35/h14-15,18H,3-13,27H2,1-2H3,(H2,28,29,30). The van der Waals surface area contributed by atoms with E-state index in [1.165, 1.54) is 6.20 Å². The Hall–Kier alpha value is -3.26. The van der Waals surface area contributed by atoms with E-state index in [4.69, 9.17) is 20.9 Å². The Morgan fingerprint density at radius 3 is 2.34 bits per heavy atom. The molecule has 0 aliphatic carbocycles. The predicted molar refractivity (Wildman–Crippen MR) is 137 cm³/mol. The number of nitrogen functional groups attached to an aromatic ring is 1.